The van der Waals surface area contributed by atoms with Crippen LogP contribution in [-0.4, -0.2) is 48.1 Å². The second kappa shape index (κ2) is 8.71. The van der Waals surface area contributed by atoms with Gasteiger partial charge in [-0.15, -0.1) is 11.3 Å². The summed E-state index contributed by atoms with van der Waals surface area (Å²) < 4.78 is 9.29. The van der Waals surface area contributed by atoms with Crippen molar-refractivity contribution in [2.75, 3.05) is 19.0 Å². The van der Waals surface area contributed by atoms with Crippen LogP contribution < -0.4 is 10.1 Å². The average molecular weight is 452 g/mol. The largest absolute Gasteiger partial charge is 0.479 e. The van der Waals surface area contributed by atoms with Crippen LogP contribution in [0.25, 0.3) is 17.1 Å². The lowest BCUT2D eigenvalue weighted by Crippen LogP contribution is -2.08. The summed E-state index contributed by atoms with van der Waals surface area (Å²) in [6.45, 7) is 2.45. The van der Waals surface area contributed by atoms with E-state index >= 15 is 0 Å². The van der Waals surface area contributed by atoms with E-state index in [4.69, 9.17) is 14.8 Å². The molecule has 5 rings (SSSR count). The molecule has 9 nitrogen and oxygen atoms in total. The number of aliphatic hydroxyl groups excluding tert-OH is 1. The fourth-order valence-electron chi connectivity index (χ4n) is 4.03. The summed E-state index contributed by atoms with van der Waals surface area (Å²) in [5.74, 6) is 1.45. The number of pyridine rings is 1. The Morgan fingerprint density at radius 2 is 2.06 bits per heavy atom. The van der Waals surface area contributed by atoms with Crippen molar-refractivity contribution in [2.45, 2.75) is 39.2 Å². The Kier molecular flexibility index (Phi) is 5.62. The predicted octanol–water partition coefficient (Wildman–Crippen LogP) is 3.52. The van der Waals surface area contributed by atoms with Gasteiger partial charge in [0, 0.05) is 17.1 Å². The fourth-order valence-corrected chi connectivity index (χ4v) is 4.73. The second-order valence-corrected chi connectivity index (χ2v) is 8.60. The van der Waals surface area contributed by atoms with Crippen LogP contribution in [0, 0.1) is 6.92 Å². The number of anilines is 2. The van der Waals surface area contributed by atoms with Crippen molar-refractivity contribution < 1.29 is 9.84 Å². The summed E-state index contributed by atoms with van der Waals surface area (Å²) in [6, 6.07) is 3.89. The van der Waals surface area contributed by atoms with Crippen LogP contribution in [-0.2, 0) is 19.4 Å². The first kappa shape index (κ1) is 20.7. The van der Waals surface area contributed by atoms with E-state index in [0.717, 1.165) is 65.1 Å². The van der Waals surface area contributed by atoms with E-state index in [1.54, 1.807) is 13.4 Å². The molecule has 4 aromatic rings. The van der Waals surface area contributed by atoms with Gasteiger partial charge in [0.1, 0.15) is 17.2 Å². The highest BCUT2D eigenvalue weighted by Gasteiger charge is 2.21. The quantitative estimate of drug-likeness (QED) is 0.443. The van der Waals surface area contributed by atoms with Gasteiger partial charge in [-0.1, -0.05) is 0 Å². The highest BCUT2D eigenvalue weighted by molar-refractivity contribution is 7.14. The van der Waals surface area contributed by atoms with Gasteiger partial charge in [-0.3, -0.25) is 0 Å². The number of thiazole rings is 1. The number of rotatable bonds is 7. The Morgan fingerprint density at radius 3 is 2.84 bits per heavy atom. The number of fused-ring (bicyclic) bond motifs is 1. The van der Waals surface area contributed by atoms with Gasteiger partial charge in [0.25, 0.3) is 0 Å². The van der Waals surface area contributed by atoms with E-state index in [0.29, 0.717) is 12.4 Å². The molecule has 0 amide bonds. The number of imidazole rings is 1. The maximum atomic E-state index is 9.45. The van der Waals surface area contributed by atoms with Crippen LogP contribution in [0.2, 0.25) is 0 Å². The molecule has 2 N–H and O–H groups in total. The molecule has 0 unspecified atom stereocenters. The number of aromatic nitrogens is 6. The summed E-state index contributed by atoms with van der Waals surface area (Å²) in [6.07, 6.45) is 7.97. The number of aryl methyl sites for hydroxylation is 2. The third-order valence-electron chi connectivity index (χ3n) is 5.55. The maximum absolute atomic E-state index is 9.45. The van der Waals surface area contributed by atoms with Gasteiger partial charge in [0.2, 0.25) is 5.88 Å². The van der Waals surface area contributed by atoms with Gasteiger partial charge >= 0.3 is 0 Å². The lowest BCUT2D eigenvalue weighted by atomic mass is 9.97. The smallest absolute Gasteiger partial charge is 0.238 e. The predicted molar refractivity (Wildman–Crippen MR) is 123 cm³/mol. The van der Waals surface area contributed by atoms with Gasteiger partial charge in [-0.05, 0) is 44.7 Å². The third-order valence-corrected chi connectivity index (χ3v) is 6.31. The molecule has 0 saturated carbocycles. The number of aliphatic hydroxyl groups is 1. The molecule has 0 bridgehead atoms. The van der Waals surface area contributed by atoms with E-state index in [2.05, 4.69) is 15.3 Å². The van der Waals surface area contributed by atoms with E-state index < -0.39 is 0 Å². The first-order valence-corrected chi connectivity index (χ1v) is 11.5. The van der Waals surface area contributed by atoms with E-state index in [9.17, 15) is 5.11 Å². The van der Waals surface area contributed by atoms with Gasteiger partial charge in [-0.25, -0.2) is 19.6 Å². The average Bonchev–Trinajstić information content (AvgIpc) is 3.53. The SMILES string of the molecule is COc1nc(-c2csc(Nc3c4c(nn3CCO)CCCC4)n2)ccc1-n1cnc(C)c1. The van der Waals surface area contributed by atoms with Crippen molar-refractivity contribution in [3.63, 3.8) is 0 Å². The van der Waals surface area contributed by atoms with Crippen LogP contribution in [0.4, 0.5) is 10.9 Å². The van der Waals surface area contributed by atoms with Crippen molar-refractivity contribution in [2.24, 2.45) is 0 Å². The Hall–Kier alpha value is -3.24. The van der Waals surface area contributed by atoms with Crippen molar-refractivity contribution >= 4 is 22.3 Å². The lowest BCUT2D eigenvalue weighted by Gasteiger charge is -2.12. The number of nitrogens with zero attached hydrogens (tertiary/aromatic N) is 6. The molecule has 0 spiro atoms. The standard InChI is InChI=1S/C22H25N7O2S/c1-14-11-28(13-23-14)19-8-7-17(24-21(19)31-2)18-12-32-22(25-18)26-20-15-5-3-4-6-16(15)27-29(20)9-10-30/h7-8,11-13,30H,3-6,9-10H2,1-2H3,(H,25,26). The first-order valence-electron chi connectivity index (χ1n) is 10.6. The van der Waals surface area contributed by atoms with E-state index in [-0.39, 0.29) is 6.61 Å². The zero-order valence-corrected chi connectivity index (χ0v) is 18.9. The van der Waals surface area contributed by atoms with Gasteiger partial charge in [-0.2, -0.15) is 5.10 Å². The van der Waals surface area contributed by atoms with E-state index in [1.807, 2.05) is 39.9 Å². The van der Waals surface area contributed by atoms with Crippen LogP contribution in [0.5, 0.6) is 5.88 Å². The topological polar surface area (TPSA) is 103 Å². The van der Waals surface area contributed by atoms with Gasteiger partial charge < -0.3 is 19.7 Å². The Labute approximate surface area is 189 Å². The number of nitrogens with one attached hydrogen (secondary N) is 1. The van der Waals surface area contributed by atoms with Gasteiger partial charge in [0.05, 0.1) is 43.7 Å². The molecule has 0 aliphatic heterocycles. The Morgan fingerprint density at radius 1 is 1.19 bits per heavy atom. The molecule has 0 fully saturated rings. The Balaban J connectivity index is 1.43. The van der Waals surface area contributed by atoms with E-state index in [1.165, 1.54) is 16.9 Å². The molecular formula is C22H25N7O2S. The lowest BCUT2D eigenvalue weighted by molar-refractivity contribution is 0.270. The zero-order chi connectivity index (χ0) is 22.1. The minimum absolute atomic E-state index is 0.0465. The molecule has 10 heteroatoms. The zero-order valence-electron chi connectivity index (χ0n) is 18.1. The van der Waals surface area contributed by atoms with Crippen molar-refractivity contribution in [3.8, 4) is 23.0 Å². The number of hydrogen-bond donors (Lipinski definition) is 2. The van der Waals surface area contributed by atoms with Crippen LogP contribution in [0.3, 0.4) is 0 Å². The minimum atomic E-state index is 0.0465. The van der Waals surface area contributed by atoms with Crippen LogP contribution >= 0.6 is 11.3 Å². The Bertz CT molecular complexity index is 1240. The minimum Gasteiger partial charge on any atom is -0.479 e. The number of ether oxygens (including phenoxy) is 1. The maximum Gasteiger partial charge on any atom is 0.238 e. The molecule has 32 heavy (non-hydrogen) atoms. The molecule has 0 radical (unpaired) electrons. The number of hydrogen-bond acceptors (Lipinski definition) is 8. The molecule has 0 saturated heterocycles. The molecule has 166 valence electrons. The summed E-state index contributed by atoms with van der Waals surface area (Å²) >= 11 is 1.52. The summed E-state index contributed by atoms with van der Waals surface area (Å²) in [4.78, 5) is 13.7. The molecule has 1 aliphatic rings. The third kappa shape index (κ3) is 3.87. The second-order valence-electron chi connectivity index (χ2n) is 7.74. The number of methoxy groups -OCH3 is 1. The highest BCUT2D eigenvalue weighted by atomic mass is 32.1. The molecule has 0 atom stereocenters. The van der Waals surface area contributed by atoms with Crippen LogP contribution in [0.15, 0.2) is 30.0 Å². The van der Waals surface area contributed by atoms with Crippen LogP contribution in [0.1, 0.15) is 29.8 Å². The monoisotopic (exact) mass is 451 g/mol. The first-order chi connectivity index (χ1) is 15.7. The van der Waals surface area contributed by atoms with Crippen molar-refractivity contribution in [1.29, 1.82) is 0 Å². The summed E-state index contributed by atoms with van der Waals surface area (Å²) in [5, 5.41) is 20.3. The molecule has 4 aromatic heterocycles. The molecule has 1 aliphatic carbocycles. The molecular weight excluding hydrogens is 426 g/mol. The summed E-state index contributed by atoms with van der Waals surface area (Å²) in [5.41, 5.74) is 5.62. The molecule has 0 aromatic carbocycles. The molecule has 4 heterocycles. The summed E-state index contributed by atoms with van der Waals surface area (Å²) in [7, 11) is 1.61. The highest BCUT2D eigenvalue weighted by Crippen LogP contribution is 2.33. The van der Waals surface area contributed by atoms with Crippen molar-refractivity contribution in [1.82, 2.24) is 29.3 Å². The fraction of sp³-hybridized carbons (Fsp3) is 0.364. The van der Waals surface area contributed by atoms with Gasteiger partial charge in [0.15, 0.2) is 5.13 Å². The normalized spacial score (nSPS) is 13.2. The van der Waals surface area contributed by atoms with Crippen molar-refractivity contribution in [3.05, 3.63) is 47.0 Å².